The molecule has 0 atom stereocenters. The first-order valence-corrected chi connectivity index (χ1v) is 9.18. The summed E-state index contributed by atoms with van der Waals surface area (Å²) in [5.74, 6) is 0.0319. The minimum Gasteiger partial charge on any atom is -0.459 e. The quantitative estimate of drug-likeness (QED) is 0.531. The van der Waals surface area contributed by atoms with Crippen LogP contribution in [0.15, 0.2) is 59.2 Å². The number of carbonyl (C=O) groups excluding carboxylic acids is 2. The van der Waals surface area contributed by atoms with Crippen LogP contribution in [0.1, 0.15) is 27.2 Å². The van der Waals surface area contributed by atoms with E-state index in [0.29, 0.717) is 4.88 Å². The van der Waals surface area contributed by atoms with E-state index in [2.05, 4.69) is 22.3 Å². The second-order valence-corrected chi connectivity index (χ2v) is 6.80. The average molecular weight is 380 g/mol. The summed E-state index contributed by atoms with van der Waals surface area (Å²) in [6.07, 6.45) is 1.39. The Morgan fingerprint density at radius 3 is 2.67 bits per heavy atom. The van der Waals surface area contributed by atoms with E-state index in [4.69, 9.17) is 9.40 Å². The van der Waals surface area contributed by atoms with Gasteiger partial charge in [-0.15, -0.1) is 11.3 Å². The van der Waals surface area contributed by atoms with E-state index in [-0.39, 0.29) is 5.76 Å². The number of imidazole rings is 1. The summed E-state index contributed by atoms with van der Waals surface area (Å²) in [6.45, 7) is 2.83. The van der Waals surface area contributed by atoms with Gasteiger partial charge in [0.05, 0.1) is 27.1 Å². The molecule has 1 aromatic carbocycles. The van der Waals surface area contributed by atoms with E-state index in [0.717, 1.165) is 28.3 Å². The third-order valence-corrected chi connectivity index (χ3v) is 5.14. The predicted octanol–water partition coefficient (Wildman–Crippen LogP) is 3.45. The van der Waals surface area contributed by atoms with Crippen molar-refractivity contribution in [1.29, 1.82) is 0 Å². The maximum Gasteiger partial charge on any atom is 0.305 e. The zero-order chi connectivity index (χ0) is 18.8. The highest BCUT2D eigenvalue weighted by atomic mass is 32.1. The number of amides is 2. The standard InChI is InChI=1S/C19H16N4O3S/c1-2-23-13-7-4-3-6-12(13)20-17(23)15-9-10-16(27-15)19(25)22-21-18(24)14-8-5-11-26-14/h3-11H,2H2,1H3,(H,21,24)(H,22,25). The third kappa shape index (κ3) is 3.22. The molecule has 0 aliphatic rings. The van der Waals surface area contributed by atoms with Crippen LogP contribution in [0.25, 0.3) is 21.7 Å². The highest BCUT2D eigenvalue weighted by Gasteiger charge is 2.17. The van der Waals surface area contributed by atoms with Gasteiger partial charge in [-0.25, -0.2) is 4.98 Å². The van der Waals surface area contributed by atoms with Gasteiger partial charge < -0.3 is 8.98 Å². The summed E-state index contributed by atoms with van der Waals surface area (Å²) >= 11 is 1.32. The Morgan fingerprint density at radius 1 is 1.07 bits per heavy atom. The van der Waals surface area contributed by atoms with Gasteiger partial charge in [-0.3, -0.25) is 20.4 Å². The molecule has 0 spiro atoms. The van der Waals surface area contributed by atoms with Crippen LogP contribution in [-0.2, 0) is 6.54 Å². The van der Waals surface area contributed by atoms with Crippen molar-refractivity contribution in [2.24, 2.45) is 0 Å². The number of benzene rings is 1. The number of aromatic nitrogens is 2. The highest BCUT2D eigenvalue weighted by Crippen LogP contribution is 2.30. The molecule has 3 aromatic heterocycles. The number of furan rings is 1. The molecule has 0 aliphatic heterocycles. The Labute approximate surface area is 158 Å². The molecule has 0 saturated carbocycles. The number of para-hydroxylation sites is 2. The van der Waals surface area contributed by atoms with Crippen LogP contribution >= 0.6 is 11.3 Å². The van der Waals surface area contributed by atoms with Gasteiger partial charge in [0.1, 0.15) is 0 Å². The molecule has 0 aliphatic carbocycles. The summed E-state index contributed by atoms with van der Waals surface area (Å²) in [5, 5.41) is 0. The maximum atomic E-state index is 12.3. The summed E-state index contributed by atoms with van der Waals surface area (Å²) in [7, 11) is 0. The normalized spacial score (nSPS) is 10.9. The number of hydrogen-bond donors (Lipinski definition) is 2. The highest BCUT2D eigenvalue weighted by molar-refractivity contribution is 7.17. The SMILES string of the molecule is CCn1c(-c2ccc(C(=O)NNC(=O)c3ccco3)s2)nc2ccccc21. The largest absolute Gasteiger partial charge is 0.459 e. The zero-order valence-corrected chi connectivity index (χ0v) is 15.2. The fraction of sp³-hybridized carbons (Fsp3) is 0.105. The number of nitrogens with one attached hydrogen (secondary N) is 2. The average Bonchev–Trinajstić information content (AvgIpc) is 3.44. The van der Waals surface area contributed by atoms with Crippen LogP contribution in [0, 0.1) is 0 Å². The molecule has 4 aromatic rings. The van der Waals surface area contributed by atoms with Gasteiger partial charge >= 0.3 is 5.91 Å². The molecule has 2 amide bonds. The molecule has 2 N–H and O–H groups in total. The van der Waals surface area contributed by atoms with Crippen LogP contribution in [0.4, 0.5) is 0 Å². The Kier molecular flexibility index (Phi) is 4.47. The fourth-order valence-corrected chi connectivity index (χ4v) is 3.71. The Balaban J connectivity index is 1.53. The van der Waals surface area contributed by atoms with Crippen molar-refractivity contribution in [2.45, 2.75) is 13.5 Å². The summed E-state index contributed by atoms with van der Waals surface area (Å²) in [4.78, 5) is 30.2. The van der Waals surface area contributed by atoms with Gasteiger partial charge in [0.15, 0.2) is 11.6 Å². The number of fused-ring (bicyclic) bond motifs is 1. The van der Waals surface area contributed by atoms with Gasteiger partial charge in [0.2, 0.25) is 0 Å². The molecule has 0 bridgehead atoms. The van der Waals surface area contributed by atoms with Crippen molar-refractivity contribution in [1.82, 2.24) is 20.4 Å². The van der Waals surface area contributed by atoms with Gasteiger partial charge in [-0.2, -0.15) is 0 Å². The van der Waals surface area contributed by atoms with Gasteiger partial charge in [-0.1, -0.05) is 12.1 Å². The number of hydrogen-bond acceptors (Lipinski definition) is 5. The monoisotopic (exact) mass is 380 g/mol. The van der Waals surface area contributed by atoms with E-state index >= 15 is 0 Å². The number of rotatable bonds is 4. The van der Waals surface area contributed by atoms with Crippen molar-refractivity contribution in [3.63, 3.8) is 0 Å². The predicted molar refractivity (Wildman–Crippen MR) is 102 cm³/mol. The van der Waals surface area contributed by atoms with E-state index in [1.807, 2.05) is 30.3 Å². The number of hydrazine groups is 1. The smallest absolute Gasteiger partial charge is 0.305 e. The lowest BCUT2D eigenvalue weighted by Gasteiger charge is -2.04. The topological polar surface area (TPSA) is 89.2 Å². The molecule has 7 nitrogen and oxygen atoms in total. The van der Waals surface area contributed by atoms with Crippen molar-refractivity contribution in [3.8, 4) is 10.7 Å². The Morgan fingerprint density at radius 2 is 1.89 bits per heavy atom. The molecule has 8 heteroatoms. The lowest BCUT2D eigenvalue weighted by atomic mass is 10.3. The zero-order valence-electron chi connectivity index (χ0n) is 14.4. The third-order valence-electron chi connectivity index (χ3n) is 4.06. The van der Waals surface area contributed by atoms with Crippen LogP contribution in [0.3, 0.4) is 0 Å². The van der Waals surface area contributed by atoms with Crippen LogP contribution in [0.2, 0.25) is 0 Å². The summed E-state index contributed by atoms with van der Waals surface area (Å²) < 4.78 is 7.09. The van der Waals surface area contributed by atoms with Crippen molar-refractivity contribution < 1.29 is 14.0 Å². The number of carbonyl (C=O) groups is 2. The first kappa shape index (κ1) is 17.0. The Hall–Kier alpha value is -3.39. The molecule has 0 fully saturated rings. The molecule has 0 radical (unpaired) electrons. The van der Waals surface area contributed by atoms with E-state index < -0.39 is 11.8 Å². The summed E-state index contributed by atoms with van der Waals surface area (Å²) in [6, 6.07) is 14.6. The molecular weight excluding hydrogens is 364 g/mol. The molecule has 0 unspecified atom stereocenters. The molecular formula is C19H16N4O3S. The van der Waals surface area contributed by atoms with Crippen LogP contribution in [-0.4, -0.2) is 21.4 Å². The van der Waals surface area contributed by atoms with Crippen molar-refractivity contribution >= 4 is 34.2 Å². The second-order valence-electron chi connectivity index (χ2n) is 5.72. The first-order valence-electron chi connectivity index (χ1n) is 8.37. The summed E-state index contributed by atoms with van der Waals surface area (Å²) in [5.41, 5.74) is 6.69. The van der Waals surface area contributed by atoms with E-state index in [1.165, 1.54) is 23.7 Å². The number of aryl methyl sites for hydroxylation is 1. The van der Waals surface area contributed by atoms with Crippen LogP contribution in [0.5, 0.6) is 0 Å². The Bertz CT molecular complexity index is 1110. The lowest BCUT2D eigenvalue weighted by molar-refractivity contribution is 0.0833. The van der Waals surface area contributed by atoms with E-state index in [9.17, 15) is 9.59 Å². The molecule has 136 valence electrons. The molecule has 0 saturated heterocycles. The first-order chi connectivity index (χ1) is 13.2. The van der Waals surface area contributed by atoms with Crippen LogP contribution < -0.4 is 10.9 Å². The van der Waals surface area contributed by atoms with Crippen molar-refractivity contribution in [3.05, 3.63) is 65.4 Å². The number of thiophene rings is 1. The molecule has 3 heterocycles. The minimum atomic E-state index is -0.516. The maximum absolute atomic E-state index is 12.3. The van der Waals surface area contributed by atoms with Gasteiger partial charge in [-0.05, 0) is 43.3 Å². The molecule has 4 rings (SSSR count). The fourth-order valence-electron chi connectivity index (χ4n) is 2.81. The van der Waals surface area contributed by atoms with Crippen molar-refractivity contribution in [2.75, 3.05) is 0 Å². The lowest BCUT2D eigenvalue weighted by Crippen LogP contribution is -2.41. The van der Waals surface area contributed by atoms with E-state index in [1.54, 1.807) is 12.1 Å². The molecule has 27 heavy (non-hydrogen) atoms. The van der Waals surface area contributed by atoms with Gasteiger partial charge in [0.25, 0.3) is 5.91 Å². The van der Waals surface area contributed by atoms with Gasteiger partial charge in [0, 0.05) is 6.54 Å². The minimum absolute atomic E-state index is 0.124. The second kappa shape index (κ2) is 7.08. The number of nitrogens with zero attached hydrogens (tertiary/aromatic N) is 2.